The van der Waals surface area contributed by atoms with Crippen LogP contribution in [0.15, 0.2) is 48.5 Å². The van der Waals surface area contributed by atoms with Crippen molar-refractivity contribution in [3.05, 3.63) is 60.2 Å². The molecule has 0 spiro atoms. The topological polar surface area (TPSA) is 61.4 Å². The lowest BCUT2D eigenvalue weighted by atomic mass is 10.3. The van der Waals surface area contributed by atoms with E-state index in [1.165, 1.54) is 47.4 Å². The van der Waals surface area contributed by atoms with Gasteiger partial charge in [-0.15, -0.1) is 0 Å². The minimum Gasteiger partial charge on any atom is -0.325 e. The summed E-state index contributed by atoms with van der Waals surface area (Å²) in [6, 6.07) is 11.2. The number of halogens is 2. The molecule has 2 rings (SSSR count). The molecule has 0 aliphatic carbocycles. The molecular formula is C17H17F2N3O2. The number of carbonyl (C=O) groups excluding carboxylic acids is 2. The number of nitrogens with one attached hydrogen (secondary N) is 2. The van der Waals surface area contributed by atoms with Crippen LogP contribution in [0.4, 0.5) is 20.2 Å². The zero-order valence-corrected chi connectivity index (χ0v) is 13.1. The molecule has 2 aromatic carbocycles. The zero-order valence-electron chi connectivity index (χ0n) is 13.1. The monoisotopic (exact) mass is 333 g/mol. The van der Waals surface area contributed by atoms with E-state index >= 15 is 0 Å². The Labute approximate surface area is 138 Å². The Morgan fingerprint density at radius 2 is 1.50 bits per heavy atom. The Hall–Kier alpha value is -2.80. The minimum absolute atomic E-state index is 0.0396. The number of carbonyl (C=O) groups is 2. The molecule has 2 aromatic rings. The number of hydrogen-bond donors (Lipinski definition) is 2. The Kier molecular flexibility index (Phi) is 5.97. The van der Waals surface area contributed by atoms with Gasteiger partial charge in [-0.05, 0) is 43.4 Å². The van der Waals surface area contributed by atoms with Gasteiger partial charge in [-0.1, -0.05) is 12.1 Å². The summed E-state index contributed by atoms with van der Waals surface area (Å²) in [7, 11) is 1.59. The van der Waals surface area contributed by atoms with Crippen LogP contribution >= 0.6 is 0 Å². The molecule has 0 saturated heterocycles. The van der Waals surface area contributed by atoms with Crippen molar-refractivity contribution in [1.29, 1.82) is 0 Å². The van der Waals surface area contributed by atoms with Crippen LogP contribution in [-0.4, -0.2) is 36.9 Å². The first-order valence-corrected chi connectivity index (χ1v) is 7.22. The maximum absolute atomic E-state index is 13.4. The molecule has 7 heteroatoms. The number of rotatable bonds is 6. The van der Waals surface area contributed by atoms with E-state index in [9.17, 15) is 18.4 Å². The first-order chi connectivity index (χ1) is 11.4. The fourth-order valence-electron chi connectivity index (χ4n) is 2.03. The molecule has 126 valence electrons. The normalized spacial score (nSPS) is 10.5. The van der Waals surface area contributed by atoms with Crippen LogP contribution in [0.25, 0.3) is 0 Å². The smallest absolute Gasteiger partial charge is 0.238 e. The van der Waals surface area contributed by atoms with Crippen LogP contribution in [0.1, 0.15) is 0 Å². The number of benzene rings is 2. The molecule has 2 amide bonds. The van der Waals surface area contributed by atoms with Gasteiger partial charge in [-0.25, -0.2) is 8.78 Å². The molecule has 0 aliphatic heterocycles. The number of para-hydroxylation sites is 1. The predicted molar refractivity (Wildman–Crippen MR) is 87.6 cm³/mol. The fraction of sp³-hybridized carbons (Fsp3) is 0.176. The van der Waals surface area contributed by atoms with Crippen molar-refractivity contribution in [1.82, 2.24) is 4.90 Å². The molecule has 0 fully saturated rings. The Balaban J connectivity index is 1.80. The number of hydrogen-bond acceptors (Lipinski definition) is 3. The van der Waals surface area contributed by atoms with Gasteiger partial charge >= 0.3 is 0 Å². The highest BCUT2D eigenvalue weighted by Crippen LogP contribution is 2.12. The van der Waals surface area contributed by atoms with Crippen molar-refractivity contribution in [2.24, 2.45) is 0 Å². The number of anilines is 2. The van der Waals surface area contributed by atoms with Crippen LogP contribution in [-0.2, 0) is 9.59 Å². The maximum Gasteiger partial charge on any atom is 0.238 e. The van der Waals surface area contributed by atoms with Gasteiger partial charge in [0, 0.05) is 5.69 Å². The molecule has 0 saturated carbocycles. The quantitative estimate of drug-likeness (QED) is 0.854. The van der Waals surface area contributed by atoms with Crippen molar-refractivity contribution in [2.75, 3.05) is 30.8 Å². The van der Waals surface area contributed by atoms with E-state index in [1.54, 1.807) is 13.1 Å². The van der Waals surface area contributed by atoms with E-state index < -0.39 is 17.5 Å². The van der Waals surface area contributed by atoms with Gasteiger partial charge in [0.1, 0.15) is 11.6 Å². The summed E-state index contributed by atoms with van der Waals surface area (Å²) < 4.78 is 26.2. The van der Waals surface area contributed by atoms with E-state index in [0.29, 0.717) is 5.69 Å². The van der Waals surface area contributed by atoms with Gasteiger partial charge in [-0.3, -0.25) is 14.5 Å². The first-order valence-electron chi connectivity index (χ1n) is 7.22. The van der Waals surface area contributed by atoms with Gasteiger partial charge in [0.25, 0.3) is 0 Å². The molecule has 0 bridgehead atoms. The van der Waals surface area contributed by atoms with Crippen molar-refractivity contribution < 1.29 is 18.4 Å². The first kappa shape index (κ1) is 17.6. The lowest BCUT2D eigenvalue weighted by molar-refractivity contribution is -0.119. The second-order valence-corrected chi connectivity index (χ2v) is 5.26. The molecule has 0 aliphatic rings. The Bertz CT molecular complexity index is 720. The van der Waals surface area contributed by atoms with Gasteiger partial charge in [-0.2, -0.15) is 0 Å². The summed E-state index contributed by atoms with van der Waals surface area (Å²) in [6.07, 6.45) is 0. The molecule has 0 atom stereocenters. The summed E-state index contributed by atoms with van der Waals surface area (Å²) in [4.78, 5) is 25.2. The predicted octanol–water partition coefficient (Wildman–Crippen LogP) is 2.47. The highest BCUT2D eigenvalue weighted by Gasteiger charge is 2.12. The molecular weight excluding hydrogens is 316 g/mol. The Morgan fingerprint density at radius 1 is 0.917 bits per heavy atom. The third-order valence-electron chi connectivity index (χ3n) is 3.10. The van der Waals surface area contributed by atoms with E-state index in [1.807, 2.05) is 0 Å². The van der Waals surface area contributed by atoms with Crippen LogP contribution in [0.5, 0.6) is 0 Å². The van der Waals surface area contributed by atoms with Crippen LogP contribution in [0, 0.1) is 11.6 Å². The maximum atomic E-state index is 13.4. The van der Waals surface area contributed by atoms with Gasteiger partial charge in [0.2, 0.25) is 11.8 Å². The number of amides is 2. The van der Waals surface area contributed by atoms with E-state index in [4.69, 9.17) is 0 Å². The fourth-order valence-corrected chi connectivity index (χ4v) is 2.03. The summed E-state index contributed by atoms with van der Waals surface area (Å²) in [5.74, 6) is -1.70. The highest BCUT2D eigenvalue weighted by molar-refractivity contribution is 5.94. The molecule has 0 radical (unpaired) electrons. The molecule has 5 nitrogen and oxygen atoms in total. The average molecular weight is 333 g/mol. The Morgan fingerprint density at radius 3 is 2.12 bits per heavy atom. The van der Waals surface area contributed by atoms with Gasteiger partial charge in [0.15, 0.2) is 0 Å². The molecule has 0 unspecified atom stereocenters. The second kappa shape index (κ2) is 8.16. The summed E-state index contributed by atoms with van der Waals surface area (Å²) in [5.41, 5.74) is 0.553. The van der Waals surface area contributed by atoms with Crippen molar-refractivity contribution >= 4 is 23.2 Å². The van der Waals surface area contributed by atoms with E-state index in [-0.39, 0.29) is 24.7 Å². The minimum atomic E-state index is -0.525. The van der Waals surface area contributed by atoms with Crippen LogP contribution in [0.3, 0.4) is 0 Å². The largest absolute Gasteiger partial charge is 0.325 e. The highest BCUT2D eigenvalue weighted by atomic mass is 19.1. The third kappa shape index (κ3) is 5.44. The van der Waals surface area contributed by atoms with Gasteiger partial charge < -0.3 is 10.6 Å². The lowest BCUT2D eigenvalue weighted by Gasteiger charge is -2.16. The van der Waals surface area contributed by atoms with Crippen molar-refractivity contribution in [3.63, 3.8) is 0 Å². The van der Waals surface area contributed by atoms with Crippen molar-refractivity contribution in [2.45, 2.75) is 0 Å². The average Bonchev–Trinajstić information content (AvgIpc) is 2.51. The SMILES string of the molecule is CN(CC(=O)Nc1ccc(F)cc1)CC(=O)Nc1ccccc1F. The van der Waals surface area contributed by atoms with E-state index in [0.717, 1.165) is 0 Å². The molecule has 0 heterocycles. The van der Waals surface area contributed by atoms with Crippen molar-refractivity contribution in [3.8, 4) is 0 Å². The van der Waals surface area contributed by atoms with E-state index in [2.05, 4.69) is 10.6 Å². The van der Waals surface area contributed by atoms with Gasteiger partial charge in [0.05, 0.1) is 18.8 Å². The molecule has 24 heavy (non-hydrogen) atoms. The lowest BCUT2D eigenvalue weighted by Crippen LogP contribution is -2.36. The number of likely N-dealkylation sites (N-methyl/N-ethyl adjacent to an activating group) is 1. The molecule has 2 N–H and O–H groups in total. The summed E-state index contributed by atoms with van der Waals surface area (Å²) in [6.45, 7) is -0.118. The van der Waals surface area contributed by atoms with Crippen LogP contribution in [0.2, 0.25) is 0 Å². The summed E-state index contributed by atoms with van der Waals surface area (Å²) in [5, 5.41) is 5.03. The number of nitrogens with zero attached hydrogens (tertiary/aromatic N) is 1. The zero-order chi connectivity index (χ0) is 17.5. The van der Waals surface area contributed by atoms with Crippen LogP contribution < -0.4 is 10.6 Å². The molecule has 0 aromatic heterocycles. The summed E-state index contributed by atoms with van der Waals surface area (Å²) >= 11 is 0. The second-order valence-electron chi connectivity index (χ2n) is 5.26. The standard InChI is InChI=1S/C17H17F2N3O2/c1-22(10-16(23)20-13-8-6-12(18)7-9-13)11-17(24)21-15-5-3-2-4-14(15)19/h2-9H,10-11H2,1H3,(H,20,23)(H,21,24). The third-order valence-corrected chi connectivity index (χ3v) is 3.10.